The summed E-state index contributed by atoms with van der Waals surface area (Å²) in [6.07, 6.45) is 8.58. The number of methoxy groups -OCH3 is 2. The molecule has 28 heteroatoms. The van der Waals surface area contributed by atoms with Crippen LogP contribution in [0.5, 0.6) is 11.5 Å². The van der Waals surface area contributed by atoms with Gasteiger partial charge < -0.3 is 133 Å². The second kappa shape index (κ2) is 77.9. The second-order valence-corrected chi connectivity index (χ2v) is 26.6. The van der Waals surface area contributed by atoms with Crippen molar-refractivity contribution in [1.29, 1.82) is 0 Å². The first-order valence-electron chi connectivity index (χ1n) is 42.7. The zero-order chi connectivity index (χ0) is 85.3. The van der Waals surface area contributed by atoms with Gasteiger partial charge in [0.05, 0.1) is 330 Å². The Morgan fingerprint density at radius 1 is 0.131 bits per heavy atom. The molecule has 6 aromatic rings. The Labute approximate surface area is 724 Å². The molecule has 0 aliphatic rings. The van der Waals surface area contributed by atoms with Gasteiger partial charge in [-0.05, 0) is 79.9 Å². The summed E-state index contributed by atoms with van der Waals surface area (Å²) in [6.45, 7) is 26.0. The van der Waals surface area contributed by atoms with Crippen molar-refractivity contribution >= 4 is 24.3 Å². The van der Waals surface area contributed by atoms with Crippen LogP contribution in [0.25, 0.3) is 57.7 Å². The summed E-state index contributed by atoms with van der Waals surface area (Å²) in [4.78, 5) is 0. The van der Waals surface area contributed by atoms with Gasteiger partial charge in [0.25, 0.3) is 0 Å². The van der Waals surface area contributed by atoms with Gasteiger partial charge in [0, 0.05) is 14.2 Å². The van der Waals surface area contributed by atoms with E-state index in [1.807, 2.05) is 24.3 Å². The minimum atomic E-state index is 0.444. The Morgan fingerprint density at radius 2 is 0.238 bits per heavy atom. The topological polar surface area (TPSA) is 258 Å². The SMILES string of the molecule is COCCOCCOCCOCCOCCOCCOCCOCCOCCOCCOCCOCCOCCOc1ccc(-c2ccc(/C=C/c3ccc(-c4ccc(/C=C/c5ccc(-c6ccc(OCCOCCOCCOCCOCCOCCOCCOCCOCCOCCOCCOCCOCCOC)cc6)cc5)cc4)cc3)cc2)cc1. The molecule has 122 heavy (non-hydrogen) atoms. The summed E-state index contributed by atoms with van der Waals surface area (Å²) in [5.74, 6) is 1.59. The number of ether oxygens (including phenoxy) is 28. The predicted octanol–water partition coefficient (Wildman–Crippen LogP) is 11.5. The van der Waals surface area contributed by atoms with Crippen LogP contribution in [0.4, 0.5) is 0 Å². The predicted molar refractivity (Wildman–Crippen MR) is 468 cm³/mol. The zero-order valence-corrected chi connectivity index (χ0v) is 72.4. The van der Waals surface area contributed by atoms with E-state index in [9.17, 15) is 0 Å². The third kappa shape index (κ3) is 57.8. The smallest absolute Gasteiger partial charge is 0.119 e. The van der Waals surface area contributed by atoms with E-state index in [-0.39, 0.29) is 0 Å². The van der Waals surface area contributed by atoms with Crippen LogP contribution in [0, 0.1) is 0 Å². The van der Waals surface area contributed by atoms with E-state index in [0.29, 0.717) is 344 Å². The molecule has 0 spiro atoms. The van der Waals surface area contributed by atoms with Gasteiger partial charge in [-0.25, -0.2) is 0 Å². The molecule has 6 aromatic carbocycles. The van der Waals surface area contributed by atoms with Crippen LogP contribution in [0.15, 0.2) is 146 Å². The lowest BCUT2D eigenvalue weighted by Gasteiger charge is -2.09. The van der Waals surface area contributed by atoms with E-state index < -0.39 is 0 Å². The summed E-state index contributed by atoms with van der Waals surface area (Å²) in [6, 6.07) is 50.7. The van der Waals surface area contributed by atoms with E-state index in [1.54, 1.807) is 14.2 Å². The van der Waals surface area contributed by atoms with Crippen LogP contribution >= 0.6 is 0 Å². The first-order valence-corrected chi connectivity index (χ1v) is 42.7. The summed E-state index contributed by atoms with van der Waals surface area (Å²) in [7, 11) is 3.29. The van der Waals surface area contributed by atoms with Crippen molar-refractivity contribution in [3.63, 3.8) is 0 Å². The molecule has 0 saturated heterocycles. The van der Waals surface area contributed by atoms with E-state index >= 15 is 0 Å². The monoisotopic (exact) mass is 1710 g/mol. The van der Waals surface area contributed by atoms with Crippen molar-refractivity contribution in [3.8, 4) is 44.9 Å². The highest BCUT2D eigenvalue weighted by Crippen LogP contribution is 2.27. The molecule has 0 bridgehead atoms. The molecule has 682 valence electrons. The molecular formula is C94H138O28. The Balaban J connectivity index is 0.652. The number of hydrogen-bond acceptors (Lipinski definition) is 28. The Bertz CT molecular complexity index is 3100. The lowest BCUT2D eigenvalue weighted by Crippen LogP contribution is -2.15. The van der Waals surface area contributed by atoms with E-state index in [4.69, 9.17) is 133 Å². The molecule has 0 aliphatic carbocycles. The highest BCUT2D eigenvalue weighted by molar-refractivity contribution is 5.76. The molecular weight excluding hydrogens is 1580 g/mol. The molecule has 0 amide bonds. The quantitative estimate of drug-likeness (QED) is 0.0254. The maximum Gasteiger partial charge on any atom is 0.119 e. The fourth-order valence-electron chi connectivity index (χ4n) is 10.8. The molecule has 0 radical (unpaired) electrons. The molecule has 0 saturated carbocycles. The van der Waals surface area contributed by atoms with Gasteiger partial charge in [-0.15, -0.1) is 0 Å². The van der Waals surface area contributed by atoms with Crippen molar-refractivity contribution in [2.24, 2.45) is 0 Å². The molecule has 0 fully saturated rings. The van der Waals surface area contributed by atoms with Crippen molar-refractivity contribution in [2.45, 2.75) is 0 Å². The standard InChI is InChI=1S/C94H138O28/c1-95-31-33-97-35-37-99-39-41-101-43-45-103-47-49-105-51-53-107-55-57-109-59-61-111-63-65-113-67-69-115-71-73-117-75-77-119-79-81-121-93-27-23-91(24-28-93)89-19-11-85(12-20-89)5-3-83-7-15-87(16-8-83)88-17-9-84(10-18-88)4-6-86-13-21-90(22-14-86)92-25-29-94(30-26-92)122-82-80-120-78-76-118-74-72-116-70-68-114-66-64-112-62-60-110-58-56-108-54-52-106-50-48-104-46-44-102-42-40-100-38-36-98-34-32-96-2/h3-30H,31-82H2,1-2H3/b5-3+,6-4+. The van der Waals surface area contributed by atoms with Crippen molar-refractivity contribution < 1.29 is 133 Å². The van der Waals surface area contributed by atoms with Crippen LogP contribution in [0.1, 0.15) is 22.3 Å². The first kappa shape index (κ1) is 104. The Hall–Kier alpha value is -6.64. The normalized spacial score (nSPS) is 11.7. The van der Waals surface area contributed by atoms with E-state index in [0.717, 1.165) is 56.0 Å². The van der Waals surface area contributed by atoms with Gasteiger partial charge in [-0.3, -0.25) is 0 Å². The van der Waals surface area contributed by atoms with Gasteiger partial charge in [0.1, 0.15) is 24.7 Å². The minimum Gasteiger partial charge on any atom is -0.491 e. The van der Waals surface area contributed by atoms with Crippen LogP contribution in [-0.4, -0.2) is 358 Å². The number of hydrogen-bond donors (Lipinski definition) is 0. The third-order valence-electron chi connectivity index (χ3n) is 17.3. The van der Waals surface area contributed by atoms with Gasteiger partial charge in [-0.1, -0.05) is 146 Å². The molecule has 28 nitrogen and oxygen atoms in total. The summed E-state index contributed by atoms with van der Waals surface area (Å²) in [5, 5.41) is 0. The molecule has 6 rings (SSSR count). The average Bonchev–Trinajstić information content (AvgIpc) is 0.847. The third-order valence-corrected chi connectivity index (χ3v) is 17.3. The lowest BCUT2D eigenvalue weighted by atomic mass is 10.0. The van der Waals surface area contributed by atoms with Gasteiger partial charge in [0.2, 0.25) is 0 Å². The number of benzene rings is 6. The Kier molecular flexibility index (Phi) is 66.5. The molecule has 0 N–H and O–H groups in total. The Morgan fingerprint density at radius 3 is 0.361 bits per heavy atom. The fourth-order valence-corrected chi connectivity index (χ4v) is 10.8. The van der Waals surface area contributed by atoms with Gasteiger partial charge in [-0.2, -0.15) is 0 Å². The first-order chi connectivity index (χ1) is 60.7. The van der Waals surface area contributed by atoms with E-state index in [1.165, 1.54) is 11.1 Å². The minimum absolute atomic E-state index is 0.444. The van der Waals surface area contributed by atoms with Crippen molar-refractivity contribution in [1.82, 2.24) is 0 Å². The van der Waals surface area contributed by atoms with Crippen LogP contribution in [0.2, 0.25) is 0 Å². The second-order valence-electron chi connectivity index (χ2n) is 26.6. The number of rotatable bonds is 87. The van der Waals surface area contributed by atoms with Crippen LogP contribution < -0.4 is 9.47 Å². The highest BCUT2D eigenvalue weighted by Gasteiger charge is 2.07. The highest BCUT2D eigenvalue weighted by atomic mass is 16.6. The molecule has 0 unspecified atom stereocenters. The van der Waals surface area contributed by atoms with Crippen LogP contribution in [-0.2, 0) is 123 Å². The largest absolute Gasteiger partial charge is 0.491 e. The molecule has 0 atom stereocenters. The summed E-state index contributed by atoms with van der Waals surface area (Å²) < 4.78 is 154. The summed E-state index contributed by atoms with van der Waals surface area (Å²) in [5.41, 5.74) is 11.4. The maximum atomic E-state index is 5.92. The maximum absolute atomic E-state index is 5.92. The van der Waals surface area contributed by atoms with Crippen molar-refractivity contribution in [3.05, 3.63) is 168 Å². The zero-order valence-electron chi connectivity index (χ0n) is 72.4. The van der Waals surface area contributed by atoms with Crippen LogP contribution in [0.3, 0.4) is 0 Å². The summed E-state index contributed by atoms with van der Waals surface area (Å²) >= 11 is 0. The lowest BCUT2D eigenvalue weighted by molar-refractivity contribution is -0.0289. The fraction of sp³-hybridized carbons (Fsp3) is 0.574. The van der Waals surface area contributed by atoms with Gasteiger partial charge >= 0.3 is 0 Å². The van der Waals surface area contributed by atoms with Crippen molar-refractivity contribution in [2.75, 3.05) is 358 Å². The molecule has 0 aliphatic heterocycles. The average molecular weight is 1720 g/mol. The molecule has 0 aromatic heterocycles. The van der Waals surface area contributed by atoms with Gasteiger partial charge in [0.15, 0.2) is 0 Å². The molecule has 0 heterocycles. The van der Waals surface area contributed by atoms with E-state index in [2.05, 4.69) is 146 Å².